The molecular formula is C20H33FN2O2Si. The Labute approximate surface area is 158 Å². The van der Waals surface area contributed by atoms with Gasteiger partial charge in [-0.2, -0.15) is 0 Å². The van der Waals surface area contributed by atoms with E-state index in [2.05, 4.69) is 33.9 Å². The van der Waals surface area contributed by atoms with Crippen molar-refractivity contribution in [2.45, 2.75) is 58.9 Å². The van der Waals surface area contributed by atoms with Crippen LogP contribution >= 0.6 is 0 Å². The average molecular weight is 381 g/mol. The topological polar surface area (TPSA) is 32.8 Å². The monoisotopic (exact) mass is 380 g/mol. The number of carbonyl (C=O) groups is 1. The molecule has 0 unspecified atom stereocenters. The standard InChI is InChI=1S/C20H33FN2O2Si/c1-16(24)22-11-8-12-23(14-13-22)18-10-7-9-17(19(18)21)15-25-26(5,6)20(2,3)4/h7,9-10H,8,11-15H2,1-6H3. The van der Waals surface area contributed by atoms with E-state index in [4.69, 9.17) is 4.43 Å². The molecule has 0 saturated carbocycles. The third-order valence-corrected chi connectivity index (χ3v) is 10.2. The molecule has 1 aliphatic heterocycles. The van der Waals surface area contributed by atoms with Crippen molar-refractivity contribution in [3.8, 4) is 0 Å². The van der Waals surface area contributed by atoms with Gasteiger partial charge in [-0.3, -0.25) is 4.79 Å². The molecule has 6 heteroatoms. The highest BCUT2D eigenvalue weighted by atomic mass is 28.4. The van der Waals surface area contributed by atoms with Crippen LogP contribution in [0.4, 0.5) is 10.1 Å². The number of amides is 1. The minimum Gasteiger partial charge on any atom is -0.412 e. The van der Waals surface area contributed by atoms with Crippen molar-refractivity contribution in [2.75, 3.05) is 31.1 Å². The van der Waals surface area contributed by atoms with Gasteiger partial charge in [-0.1, -0.05) is 32.9 Å². The van der Waals surface area contributed by atoms with Gasteiger partial charge in [-0.15, -0.1) is 0 Å². The number of anilines is 1. The van der Waals surface area contributed by atoms with Crippen LogP contribution in [-0.4, -0.2) is 45.3 Å². The van der Waals surface area contributed by atoms with Crippen molar-refractivity contribution >= 4 is 19.9 Å². The number of carbonyl (C=O) groups excluding carboxylic acids is 1. The molecule has 1 saturated heterocycles. The largest absolute Gasteiger partial charge is 0.412 e. The van der Waals surface area contributed by atoms with Crippen LogP contribution in [0.25, 0.3) is 0 Å². The Hall–Kier alpha value is -1.40. The van der Waals surface area contributed by atoms with Crippen molar-refractivity contribution in [1.82, 2.24) is 4.90 Å². The zero-order valence-electron chi connectivity index (χ0n) is 17.1. The highest BCUT2D eigenvalue weighted by Gasteiger charge is 2.37. The van der Waals surface area contributed by atoms with Crippen molar-refractivity contribution < 1.29 is 13.6 Å². The van der Waals surface area contributed by atoms with Gasteiger partial charge in [0.2, 0.25) is 5.91 Å². The molecule has 1 fully saturated rings. The summed E-state index contributed by atoms with van der Waals surface area (Å²) >= 11 is 0. The summed E-state index contributed by atoms with van der Waals surface area (Å²) in [7, 11) is -1.92. The second-order valence-electron chi connectivity index (χ2n) is 8.65. The van der Waals surface area contributed by atoms with Crippen molar-refractivity contribution in [3.63, 3.8) is 0 Å². The van der Waals surface area contributed by atoms with Crippen LogP contribution in [-0.2, 0) is 15.8 Å². The van der Waals surface area contributed by atoms with Gasteiger partial charge in [0, 0.05) is 38.7 Å². The van der Waals surface area contributed by atoms with Gasteiger partial charge in [-0.05, 0) is 30.6 Å². The van der Waals surface area contributed by atoms with Crippen molar-refractivity contribution in [3.05, 3.63) is 29.6 Å². The lowest BCUT2D eigenvalue weighted by Crippen LogP contribution is -2.40. The predicted molar refractivity (Wildman–Crippen MR) is 107 cm³/mol. The minimum atomic E-state index is -1.92. The molecule has 2 rings (SSSR count). The number of benzene rings is 1. The first kappa shape index (κ1) is 20.9. The fraction of sp³-hybridized carbons (Fsp3) is 0.650. The molecule has 1 aromatic carbocycles. The van der Waals surface area contributed by atoms with Gasteiger partial charge in [-0.25, -0.2) is 4.39 Å². The zero-order chi connectivity index (χ0) is 19.5. The van der Waals surface area contributed by atoms with Crippen LogP contribution in [0, 0.1) is 5.82 Å². The van der Waals surface area contributed by atoms with Crippen LogP contribution in [0.5, 0.6) is 0 Å². The Morgan fingerprint density at radius 1 is 1.19 bits per heavy atom. The first-order valence-electron chi connectivity index (χ1n) is 9.45. The maximum atomic E-state index is 15.1. The van der Waals surface area contributed by atoms with Crippen LogP contribution in [0.2, 0.25) is 18.1 Å². The van der Waals surface area contributed by atoms with E-state index in [-0.39, 0.29) is 16.8 Å². The predicted octanol–water partition coefficient (Wildman–Crippen LogP) is 4.41. The lowest BCUT2D eigenvalue weighted by molar-refractivity contribution is -0.128. The third-order valence-electron chi connectivity index (χ3n) is 5.73. The van der Waals surface area contributed by atoms with E-state index in [1.54, 1.807) is 6.92 Å². The van der Waals surface area contributed by atoms with E-state index in [9.17, 15) is 4.79 Å². The Kier molecular flexibility index (Phi) is 6.50. The molecule has 0 N–H and O–H groups in total. The van der Waals surface area contributed by atoms with E-state index < -0.39 is 8.32 Å². The molecule has 1 aromatic rings. The molecule has 0 aromatic heterocycles. The summed E-state index contributed by atoms with van der Waals surface area (Å²) < 4.78 is 21.3. The number of halogens is 1. The molecule has 0 radical (unpaired) electrons. The Balaban J connectivity index is 2.13. The summed E-state index contributed by atoms with van der Waals surface area (Å²) in [6.07, 6.45) is 0.851. The first-order chi connectivity index (χ1) is 12.0. The Bertz CT molecular complexity index is 643. The summed E-state index contributed by atoms with van der Waals surface area (Å²) in [5.74, 6) is -0.105. The Morgan fingerprint density at radius 2 is 1.88 bits per heavy atom. The molecule has 26 heavy (non-hydrogen) atoms. The van der Waals surface area contributed by atoms with Gasteiger partial charge in [0.1, 0.15) is 0 Å². The summed E-state index contributed by atoms with van der Waals surface area (Å²) in [6.45, 7) is 15.6. The molecule has 0 spiro atoms. The van der Waals surface area contributed by atoms with Gasteiger partial charge < -0.3 is 14.2 Å². The van der Waals surface area contributed by atoms with E-state index >= 15 is 4.39 Å². The molecule has 0 atom stereocenters. The first-order valence-corrected chi connectivity index (χ1v) is 12.4. The summed E-state index contributed by atoms with van der Waals surface area (Å²) in [4.78, 5) is 15.5. The van der Waals surface area contributed by atoms with Gasteiger partial charge >= 0.3 is 0 Å². The van der Waals surface area contributed by atoms with E-state index in [1.807, 2.05) is 28.0 Å². The van der Waals surface area contributed by atoms with Crippen LogP contribution < -0.4 is 4.90 Å². The molecular weight excluding hydrogens is 347 g/mol. The highest BCUT2D eigenvalue weighted by Crippen LogP contribution is 2.37. The zero-order valence-corrected chi connectivity index (χ0v) is 18.1. The van der Waals surface area contributed by atoms with Gasteiger partial charge in [0.25, 0.3) is 0 Å². The highest BCUT2D eigenvalue weighted by molar-refractivity contribution is 6.74. The van der Waals surface area contributed by atoms with Crippen molar-refractivity contribution in [2.24, 2.45) is 0 Å². The van der Waals surface area contributed by atoms with E-state index in [0.717, 1.165) is 19.5 Å². The summed E-state index contributed by atoms with van der Waals surface area (Å²) in [5, 5.41) is 0.0992. The number of hydrogen-bond acceptors (Lipinski definition) is 3. The van der Waals surface area contributed by atoms with Gasteiger partial charge in [0.05, 0.1) is 12.3 Å². The average Bonchev–Trinajstić information content (AvgIpc) is 2.79. The third kappa shape index (κ3) is 4.85. The van der Waals surface area contributed by atoms with Gasteiger partial charge in [0.15, 0.2) is 14.1 Å². The fourth-order valence-corrected chi connectivity index (χ4v) is 3.82. The van der Waals surface area contributed by atoms with Crippen LogP contribution in [0.3, 0.4) is 0 Å². The summed E-state index contributed by atoms with van der Waals surface area (Å²) in [6, 6.07) is 5.54. The number of nitrogens with zero attached hydrogens (tertiary/aromatic N) is 2. The normalized spacial score (nSPS) is 16.6. The smallest absolute Gasteiger partial charge is 0.219 e. The number of hydrogen-bond donors (Lipinski definition) is 0. The maximum absolute atomic E-state index is 15.1. The number of rotatable bonds is 4. The quantitative estimate of drug-likeness (QED) is 0.726. The molecule has 1 heterocycles. The lowest BCUT2D eigenvalue weighted by atomic mass is 10.1. The van der Waals surface area contributed by atoms with Crippen molar-refractivity contribution in [1.29, 1.82) is 0 Å². The minimum absolute atomic E-state index is 0.0869. The fourth-order valence-electron chi connectivity index (χ4n) is 2.87. The molecule has 0 bridgehead atoms. The van der Waals surface area contributed by atoms with E-state index in [1.165, 1.54) is 0 Å². The molecule has 4 nitrogen and oxygen atoms in total. The molecule has 0 aliphatic carbocycles. The lowest BCUT2D eigenvalue weighted by Gasteiger charge is -2.36. The van der Waals surface area contributed by atoms with Crippen LogP contribution in [0.1, 0.15) is 39.7 Å². The molecule has 1 amide bonds. The molecule has 1 aliphatic rings. The maximum Gasteiger partial charge on any atom is 0.219 e. The molecule has 146 valence electrons. The van der Waals surface area contributed by atoms with E-state index in [0.29, 0.717) is 30.9 Å². The SMILES string of the molecule is CC(=O)N1CCCN(c2cccc(CO[Si](C)(C)C(C)(C)C)c2F)CC1. The second-order valence-corrected chi connectivity index (χ2v) is 13.5. The Morgan fingerprint density at radius 3 is 2.50 bits per heavy atom. The second kappa shape index (κ2) is 8.09. The summed E-state index contributed by atoms with van der Waals surface area (Å²) in [5.41, 5.74) is 1.23. The van der Waals surface area contributed by atoms with Crippen LogP contribution in [0.15, 0.2) is 18.2 Å².